The summed E-state index contributed by atoms with van der Waals surface area (Å²) in [6.07, 6.45) is 1.00. The number of benzene rings is 1. The molecular weight excluding hydrogens is 202 g/mol. The molecule has 0 aliphatic heterocycles. The molecule has 0 radical (unpaired) electrons. The Hall–Kier alpha value is -1.06. The molecule has 0 spiro atoms. The summed E-state index contributed by atoms with van der Waals surface area (Å²) in [7, 11) is 1.68. The zero-order valence-electron chi connectivity index (χ0n) is 10.3. The van der Waals surface area contributed by atoms with Crippen molar-refractivity contribution in [2.45, 2.75) is 32.4 Å². The van der Waals surface area contributed by atoms with Crippen LogP contribution in [0.5, 0.6) is 5.75 Å². The van der Waals surface area contributed by atoms with Crippen LogP contribution in [0.4, 0.5) is 0 Å². The molecule has 3 heteroatoms. The summed E-state index contributed by atoms with van der Waals surface area (Å²) in [5, 5.41) is 0. The Labute approximate surface area is 97.6 Å². The van der Waals surface area contributed by atoms with Gasteiger partial charge in [-0.05, 0) is 31.9 Å². The van der Waals surface area contributed by atoms with Gasteiger partial charge in [0.1, 0.15) is 5.75 Å². The molecular formula is C13H21NO2. The maximum Gasteiger partial charge on any atom is 0.122 e. The van der Waals surface area contributed by atoms with Crippen molar-refractivity contribution in [3.8, 4) is 5.75 Å². The van der Waals surface area contributed by atoms with Gasteiger partial charge in [-0.25, -0.2) is 0 Å². The predicted molar refractivity (Wildman–Crippen MR) is 65.8 cm³/mol. The minimum absolute atomic E-state index is 0.0127. The van der Waals surface area contributed by atoms with Crippen LogP contribution in [0.1, 0.15) is 19.4 Å². The van der Waals surface area contributed by atoms with Crippen LogP contribution in [0, 0.1) is 0 Å². The lowest BCUT2D eigenvalue weighted by Gasteiger charge is -2.15. The number of nitrogens with two attached hydrogens (primary N) is 1. The summed E-state index contributed by atoms with van der Waals surface area (Å²) < 4.78 is 10.8. The lowest BCUT2D eigenvalue weighted by molar-refractivity contribution is 0.0683. The Morgan fingerprint density at radius 1 is 1.25 bits per heavy atom. The van der Waals surface area contributed by atoms with Crippen LogP contribution in [0.25, 0.3) is 0 Å². The normalized spacial score (nSPS) is 12.8. The van der Waals surface area contributed by atoms with Crippen molar-refractivity contribution in [1.29, 1.82) is 0 Å². The van der Waals surface area contributed by atoms with Crippen molar-refractivity contribution in [3.63, 3.8) is 0 Å². The van der Waals surface area contributed by atoms with Gasteiger partial charge in [0.25, 0.3) is 0 Å². The van der Waals surface area contributed by atoms with E-state index >= 15 is 0 Å². The first-order chi connectivity index (χ1) is 7.63. The molecule has 1 rings (SSSR count). The molecule has 1 unspecified atom stereocenters. The van der Waals surface area contributed by atoms with Crippen molar-refractivity contribution in [2.24, 2.45) is 5.73 Å². The van der Waals surface area contributed by atoms with Gasteiger partial charge in [0.05, 0.1) is 19.8 Å². The second-order valence-electron chi connectivity index (χ2n) is 4.16. The number of ether oxygens (including phenoxy) is 2. The van der Waals surface area contributed by atoms with Gasteiger partial charge >= 0.3 is 0 Å². The van der Waals surface area contributed by atoms with Crippen molar-refractivity contribution in [2.75, 3.05) is 13.7 Å². The van der Waals surface area contributed by atoms with E-state index in [9.17, 15) is 0 Å². The van der Waals surface area contributed by atoms with Crippen molar-refractivity contribution < 1.29 is 9.47 Å². The summed E-state index contributed by atoms with van der Waals surface area (Å²) >= 11 is 0. The Morgan fingerprint density at radius 2 is 1.94 bits per heavy atom. The topological polar surface area (TPSA) is 44.5 Å². The second kappa shape index (κ2) is 6.51. The van der Waals surface area contributed by atoms with Gasteiger partial charge in [-0.1, -0.05) is 18.2 Å². The maximum absolute atomic E-state index is 6.00. The van der Waals surface area contributed by atoms with Gasteiger partial charge in [-0.2, -0.15) is 0 Å². The summed E-state index contributed by atoms with van der Waals surface area (Å²) in [5.74, 6) is 0.891. The van der Waals surface area contributed by atoms with Crippen LogP contribution in [-0.4, -0.2) is 25.9 Å². The molecule has 90 valence electrons. The molecule has 0 fully saturated rings. The molecule has 2 N–H and O–H groups in total. The van der Waals surface area contributed by atoms with E-state index < -0.39 is 0 Å². The Morgan fingerprint density at radius 3 is 2.56 bits per heavy atom. The molecule has 0 aliphatic rings. The number of methoxy groups -OCH3 is 1. The minimum atomic E-state index is 0.0127. The fraction of sp³-hybridized carbons (Fsp3) is 0.538. The fourth-order valence-corrected chi connectivity index (χ4v) is 1.53. The molecule has 0 aliphatic carbocycles. The molecule has 0 aromatic heterocycles. The number of hydrogen-bond acceptors (Lipinski definition) is 3. The highest BCUT2D eigenvalue weighted by Crippen LogP contribution is 2.18. The van der Waals surface area contributed by atoms with E-state index in [-0.39, 0.29) is 12.1 Å². The quantitative estimate of drug-likeness (QED) is 0.802. The molecule has 1 aromatic carbocycles. The Balaban J connectivity index is 2.51. The average molecular weight is 223 g/mol. The first-order valence-electron chi connectivity index (χ1n) is 5.62. The SMILES string of the molecule is COc1ccccc1CC(N)COC(C)C. The van der Waals surface area contributed by atoms with E-state index in [1.54, 1.807) is 7.11 Å². The van der Waals surface area contributed by atoms with Gasteiger partial charge in [0.2, 0.25) is 0 Å². The molecule has 0 saturated heterocycles. The molecule has 0 heterocycles. The summed E-state index contributed by atoms with van der Waals surface area (Å²) in [6, 6.07) is 7.95. The summed E-state index contributed by atoms with van der Waals surface area (Å²) in [4.78, 5) is 0. The second-order valence-corrected chi connectivity index (χ2v) is 4.16. The van der Waals surface area contributed by atoms with Crippen LogP contribution in [0.15, 0.2) is 24.3 Å². The average Bonchev–Trinajstić information content (AvgIpc) is 2.27. The molecule has 1 atom stereocenters. The molecule has 3 nitrogen and oxygen atoms in total. The first kappa shape index (κ1) is 13.0. The smallest absolute Gasteiger partial charge is 0.122 e. The molecule has 16 heavy (non-hydrogen) atoms. The highest BCUT2D eigenvalue weighted by molar-refractivity contribution is 5.33. The highest BCUT2D eigenvalue weighted by Gasteiger charge is 2.09. The van der Waals surface area contributed by atoms with Gasteiger partial charge in [0, 0.05) is 6.04 Å². The fourth-order valence-electron chi connectivity index (χ4n) is 1.53. The largest absolute Gasteiger partial charge is 0.496 e. The van der Waals surface area contributed by atoms with Crippen LogP contribution in [0.3, 0.4) is 0 Å². The first-order valence-corrected chi connectivity index (χ1v) is 5.62. The molecule has 0 bridgehead atoms. The zero-order chi connectivity index (χ0) is 12.0. The van der Waals surface area contributed by atoms with E-state index in [4.69, 9.17) is 15.2 Å². The Bertz CT molecular complexity index is 313. The third-order valence-electron chi connectivity index (χ3n) is 2.32. The van der Waals surface area contributed by atoms with Crippen LogP contribution in [-0.2, 0) is 11.2 Å². The lowest BCUT2D eigenvalue weighted by atomic mass is 10.1. The standard InChI is InChI=1S/C13H21NO2/c1-10(2)16-9-12(14)8-11-6-4-5-7-13(11)15-3/h4-7,10,12H,8-9,14H2,1-3H3. The van der Waals surface area contributed by atoms with Gasteiger partial charge in [0.15, 0.2) is 0 Å². The third kappa shape index (κ3) is 4.21. The maximum atomic E-state index is 6.00. The number of hydrogen-bond donors (Lipinski definition) is 1. The van der Waals surface area contributed by atoms with Gasteiger partial charge in [-0.15, -0.1) is 0 Å². The van der Waals surface area contributed by atoms with E-state index in [2.05, 4.69) is 0 Å². The summed E-state index contributed by atoms with van der Waals surface area (Å²) in [6.45, 7) is 4.60. The molecule has 0 saturated carbocycles. The Kier molecular flexibility index (Phi) is 5.29. The number of para-hydroxylation sites is 1. The van der Waals surface area contributed by atoms with E-state index in [0.29, 0.717) is 6.61 Å². The van der Waals surface area contributed by atoms with Gasteiger partial charge < -0.3 is 15.2 Å². The van der Waals surface area contributed by atoms with E-state index in [1.807, 2.05) is 38.1 Å². The van der Waals surface area contributed by atoms with Crippen LogP contribution >= 0.6 is 0 Å². The van der Waals surface area contributed by atoms with E-state index in [0.717, 1.165) is 17.7 Å². The summed E-state index contributed by atoms with van der Waals surface area (Å²) in [5.41, 5.74) is 7.13. The molecule has 0 amide bonds. The van der Waals surface area contributed by atoms with Crippen LogP contribution < -0.4 is 10.5 Å². The third-order valence-corrected chi connectivity index (χ3v) is 2.32. The van der Waals surface area contributed by atoms with Crippen molar-refractivity contribution >= 4 is 0 Å². The van der Waals surface area contributed by atoms with Crippen LogP contribution in [0.2, 0.25) is 0 Å². The van der Waals surface area contributed by atoms with E-state index in [1.165, 1.54) is 0 Å². The van der Waals surface area contributed by atoms with Crippen molar-refractivity contribution in [3.05, 3.63) is 29.8 Å². The van der Waals surface area contributed by atoms with Crippen molar-refractivity contribution in [1.82, 2.24) is 0 Å². The molecule has 1 aromatic rings. The van der Waals surface area contributed by atoms with Gasteiger partial charge in [-0.3, -0.25) is 0 Å². The zero-order valence-corrected chi connectivity index (χ0v) is 10.3. The lowest BCUT2D eigenvalue weighted by Crippen LogP contribution is -2.30. The highest BCUT2D eigenvalue weighted by atomic mass is 16.5. The minimum Gasteiger partial charge on any atom is -0.496 e. The predicted octanol–water partition coefficient (Wildman–Crippen LogP) is 1.99. The number of rotatable bonds is 6. The monoisotopic (exact) mass is 223 g/mol.